The third kappa shape index (κ3) is 6.62. The van der Waals surface area contributed by atoms with E-state index in [0.29, 0.717) is 37.9 Å². The predicted molar refractivity (Wildman–Crippen MR) is 102 cm³/mol. The Hall–Kier alpha value is -0.290. The van der Waals surface area contributed by atoms with Crippen molar-refractivity contribution < 1.29 is 22.9 Å². The lowest BCUT2D eigenvalue weighted by Gasteiger charge is -2.42. The van der Waals surface area contributed by atoms with Crippen LogP contribution in [0.4, 0.5) is 0 Å². The lowest BCUT2D eigenvalue weighted by molar-refractivity contribution is -0.117. The zero-order chi connectivity index (χ0) is 19.4. The van der Waals surface area contributed by atoms with Gasteiger partial charge in [-0.15, -0.1) is 0 Å². The minimum Gasteiger partial charge on any atom is -0.378 e. The minimum atomic E-state index is -3.40. The first-order chi connectivity index (χ1) is 12.8. The SMILES string of the molecule is CS(=O)(=O)OC1CCN(C(O)CC2CCN(C3CCN(O)CC3)CC2)CC1. The van der Waals surface area contributed by atoms with Gasteiger partial charge in [0.15, 0.2) is 0 Å². The summed E-state index contributed by atoms with van der Waals surface area (Å²) < 4.78 is 27.5. The molecule has 0 bridgehead atoms. The summed E-state index contributed by atoms with van der Waals surface area (Å²) in [6.07, 6.45) is 6.78. The van der Waals surface area contributed by atoms with E-state index in [4.69, 9.17) is 4.18 Å². The maximum absolute atomic E-state index is 11.2. The van der Waals surface area contributed by atoms with Gasteiger partial charge in [0, 0.05) is 32.2 Å². The molecule has 3 saturated heterocycles. The molecule has 3 fully saturated rings. The fourth-order valence-corrected chi connectivity index (χ4v) is 5.42. The van der Waals surface area contributed by atoms with Gasteiger partial charge in [0.1, 0.15) is 6.23 Å². The van der Waals surface area contributed by atoms with Crippen LogP contribution < -0.4 is 0 Å². The van der Waals surface area contributed by atoms with Crippen molar-refractivity contribution in [2.75, 3.05) is 45.5 Å². The van der Waals surface area contributed by atoms with Crippen LogP contribution >= 0.6 is 0 Å². The Morgan fingerprint density at radius 1 is 0.963 bits per heavy atom. The number of hydrogen-bond acceptors (Lipinski definition) is 8. The van der Waals surface area contributed by atoms with Crippen molar-refractivity contribution in [3.8, 4) is 0 Å². The maximum atomic E-state index is 11.2. The second-order valence-corrected chi connectivity index (χ2v) is 10.0. The molecule has 0 aromatic carbocycles. The maximum Gasteiger partial charge on any atom is 0.264 e. The van der Waals surface area contributed by atoms with E-state index in [1.807, 2.05) is 0 Å². The Balaban J connectivity index is 1.35. The second kappa shape index (κ2) is 9.47. The van der Waals surface area contributed by atoms with Crippen molar-refractivity contribution in [1.29, 1.82) is 0 Å². The van der Waals surface area contributed by atoms with Crippen molar-refractivity contribution in [3.63, 3.8) is 0 Å². The van der Waals surface area contributed by atoms with E-state index in [-0.39, 0.29) is 6.10 Å². The van der Waals surface area contributed by atoms with E-state index in [1.54, 1.807) is 0 Å². The molecule has 27 heavy (non-hydrogen) atoms. The zero-order valence-corrected chi connectivity index (χ0v) is 17.2. The summed E-state index contributed by atoms with van der Waals surface area (Å²) >= 11 is 0. The molecule has 0 aliphatic carbocycles. The molecule has 9 heteroatoms. The molecule has 3 heterocycles. The predicted octanol–water partition coefficient (Wildman–Crippen LogP) is 0.701. The molecule has 0 radical (unpaired) electrons. The Morgan fingerprint density at radius 3 is 2.11 bits per heavy atom. The lowest BCUT2D eigenvalue weighted by atomic mass is 9.90. The molecule has 1 atom stereocenters. The Labute approximate surface area is 163 Å². The number of hydrogen-bond donors (Lipinski definition) is 2. The van der Waals surface area contributed by atoms with Gasteiger partial charge >= 0.3 is 0 Å². The highest BCUT2D eigenvalue weighted by molar-refractivity contribution is 7.86. The molecule has 158 valence electrons. The summed E-state index contributed by atoms with van der Waals surface area (Å²) in [6, 6.07) is 0.591. The summed E-state index contributed by atoms with van der Waals surface area (Å²) in [6.45, 7) is 5.06. The van der Waals surface area contributed by atoms with Crippen LogP contribution in [0.2, 0.25) is 0 Å². The zero-order valence-electron chi connectivity index (χ0n) is 16.4. The summed E-state index contributed by atoms with van der Waals surface area (Å²) in [5.41, 5.74) is 0. The Morgan fingerprint density at radius 2 is 1.56 bits per heavy atom. The number of aliphatic hydroxyl groups is 1. The quantitative estimate of drug-likeness (QED) is 0.624. The van der Waals surface area contributed by atoms with Crippen molar-refractivity contribution in [2.45, 2.75) is 63.3 Å². The smallest absolute Gasteiger partial charge is 0.264 e. The van der Waals surface area contributed by atoms with E-state index >= 15 is 0 Å². The lowest BCUT2D eigenvalue weighted by Crippen LogP contribution is -2.48. The van der Waals surface area contributed by atoms with Crippen molar-refractivity contribution in [2.24, 2.45) is 5.92 Å². The minimum absolute atomic E-state index is 0.253. The number of rotatable bonds is 6. The molecule has 3 rings (SSSR count). The molecule has 0 spiro atoms. The third-order valence-corrected chi connectivity index (χ3v) is 6.98. The standard InChI is InChI=1S/C18H35N3O5S/c1-27(24,25)26-17-6-10-20(11-7-17)18(22)14-15-2-8-19(9-3-15)16-4-12-21(23)13-5-16/h15-18,22-23H,2-14H2,1H3. The molecular formula is C18H35N3O5S. The first-order valence-corrected chi connectivity index (χ1v) is 12.1. The van der Waals surface area contributed by atoms with Crippen LogP contribution in [0.5, 0.6) is 0 Å². The van der Waals surface area contributed by atoms with Gasteiger partial charge in [-0.05, 0) is 64.0 Å². The van der Waals surface area contributed by atoms with Gasteiger partial charge in [-0.2, -0.15) is 13.5 Å². The summed E-state index contributed by atoms with van der Waals surface area (Å²) in [5.74, 6) is 0.541. The molecule has 3 aliphatic heterocycles. The van der Waals surface area contributed by atoms with Crippen molar-refractivity contribution in [1.82, 2.24) is 14.9 Å². The third-order valence-electron chi connectivity index (χ3n) is 6.36. The molecule has 0 aromatic rings. The average Bonchev–Trinajstić information content (AvgIpc) is 2.62. The van der Waals surface area contributed by atoms with Crippen LogP contribution in [-0.2, 0) is 14.3 Å². The van der Waals surface area contributed by atoms with Gasteiger partial charge in [0.25, 0.3) is 10.1 Å². The van der Waals surface area contributed by atoms with Gasteiger partial charge in [-0.25, -0.2) is 0 Å². The number of nitrogens with zero attached hydrogens (tertiary/aromatic N) is 3. The van der Waals surface area contributed by atoms with Gasteiger partial charge in [0.05, 0.1) is 12.4 Å². The number of piperidine rings is 3. The summed E-state index contributed by atoms with van der Waals surface area (Å²) in [7, 11) is -3.40. The summed E-state index contributed by atoms with van der Waals surface area (Å²) in [4.78, 5) is 4.62. The van der Waals surface area contributed by atoms with E-state index in [0.717, 1.165) is 64.5 Å². The molecule has 2 N–H and O–H groups in total. The van der Waals surface area contributed by atoms with E-state index < -0.39 is 16.3 Å². The molecule has 3 aliphatic rings. The van der Waals surface area contributed by atoms with Gasteiger partial charge in [0.2, 0.25) is 0 Å². The Bertz CT molecular complexity index is 551. The van der Waals surface area contributed by atoms with E-state index in [9.17, 15) is 18.7 Å². The highest BCUT2D eigenvalue weighted by Crippen LogP contribution is 2.28. The molecule has 0 saturated carbocycles. The normalized spacial score (nSPS) is 27.8. The molecular weight excluding hydrogens is 370 g/mol. The number of hydroxylamine groups is 2. The average molecular weight is 406 g/mol. The monoisotopic (exact) mass is 405 g/mol. The number of likely N-dealkylation sites (tertiary alicyclic amines) is 2. The molecule has 1 unspecified atom stereocenters. The topological polar surface area (TPSA) is 93.5 Å². The van der Waals surface area contributed by atoms with Crippen LogP contribution in [0, 0.1) is 5.92 Å². The molecule has 0 aromatic heterocycles. The summed E-state index contributed by atoms with van der Waals surface area (Å²) in [5, 5.41) is 21.5. The first kappa shape index (κ1) is 21.4. The van der Waals surface area contributed by atoms with Crippen LogP contribution in [0.25, 0.3) is 0 Å². The van der Waals surface area contributed by atoms with Gasteiger partial charge in [-0.1, -0.05) is 0 Å². The van der Waals surface area contributed by atoms with Gasteiger partial charge < -0.3 is 15.2 Å². The highest BCUT2D eigenvalue weighted by atomic mass is 32.2. The Kier molecular flexibility index (Phi) is 7.51. The van der Waals surface area contributed by atoms with Crippen molar-refractivity contribution >= 4 is 10.1 Å². The van der Waals surface area contributed by atoms with E-state index in [2.05, 4.69) is 9.80 Å². The largest absolute Gasteiger partial charge is 0.378 e. The number of aliphatic hydroxyl groups excluding tert-OH is 1. The fourth-order valence-electron chi connectivity index (χ4n) is 4.74. The highest BCUT2D eigenvalue weighted by Gasteiger charge is 2.31. The van der Waals surface area contributed by atoms with Crippen molar-refractivity contribution in [3.05, 3.63) is 0 Å². The fraction of sp³-hybridized carbons (Fsp3) is 1.00. The van der Waals surface area contributed by atoms with Crippen LogP contribution in [0.1, 0.15) is 44.9 Å². The molecule has 0 amide bonds. The van der Waals surface area contributed by atoms with Crippen LogP contribution in [0.15, 0.2) is 0 Å². The second-order valence-electron chi connectivity index (χ2n) is 8.42. The van der Waals surface area contributed by atoms with Crippen LogP contribution in [-0.4, -0.2) is 97.5 Å². The van der Waals surface area contributed by atoms with E-state index in [1.165, 1.54) is 5.06 Å². The molecule has 8 nitrogen and oxygen atoms in total. The van der Waals surface area contributed by atoms with Gasteiger partial charge in [-0.3, -0.25) is 9.08 Å². The first-order valence-electron chi connectivity index (χ1n) is 10.3. The van der Waals surface area contributed by atoms with Crippen LogP contribution in [0.3, 0.4) is 0 Å².